The lowest BCUT2D eigenvalue weighted by Crippen LogP contribution is -2.45. The van der Waals surface area contributed by atoms with Gasteiger partial charge in [-0.3, -0.25) is 9.88 Å². The molecule has 0 aliphatic carbocycles. The molecule has 2 aromatic rings. The van der Waals surface area contributed by atoms with Crippen LogP contribution in [0.1, 0.15) is 30.2 Å². The Bertz CT molecular complexity index is 848. The number of aromatic nitrogens is 1. The van der Waals surface area contributed by atoms with Crippen LogP contribution in [0.5, 0.6) is 0 Å². The van der Waals surface area contributed by atoms with Crippen LogP contribution in [-0.2, 0) is 6.54 Å². The summed E-state index contributed by atoms with van der Waals surface area (Å²) in [4.78, 5) is 9.25. The van der Waals surface area contributed by atoms with Crippen molar-refractivity contribution in [3.8, 4) is 0 Å². The average molecular weight is 392 g/mol. The fourth-order valence-corrected chi connectivity index (χ4v) is 3.59. The molecule has 2 N–H and O–H groups in total. The van der Waals surface area contributed by atoms with Gasteiger partial charge in [0.05, 0.1) is 11.9 Å². The monoisotopic (exact) mass is 391 g/mol. The van der Waals surface area contributed by atoms with Gasteiger partial charge in [-0.25, -0.2) is 0 Å². The highest BCUT2D eigenvalue weighted by molar-refractivity contribution is 5.60. The quantitative estimate of drug-likeness (QED) is 0.681. The zero-order valence-corrected chi connectivity index (χ0v) is 18.0. The number of piperazine rings is 1. The first-order chi connectivity index (χ1) is 14.0. The first kappa shape index (κ1) is 20.9. The van der Waals surface area contributed by atoms with Gasteiger partial charge in [-0.05, 0) is 49.6 Å². The van der Waals surface area contributed by atoms with Gasteiger partial charge in [-0.1, -0.05) is 32.2 Å². The predicted molar refractivity (Wildman–Crippen MR) is 123 cm³/mol. The normalized spacial score (nSPS) is 14.5. The number of nitrogens with one attached hydrogen (secondary N) is 2. The standard InChI is InChI=1S/C24H33N5/c1-6-19(3)29-14-12-28(13-15-29)17-22-8-7-9-24(20(22)4)27-21(5)26-23-11-10-18(2)25-16-23/h7-11,16,26-27H,3,5-6,12-15,17H2,1-2,4H3. The van der Waals surface area contributed by atoms with Crippen molar-refractivity contribution in [3.05, 3.63) is 78.0 Å². The van der Waals surface area contributed by atoms with E-state index in [1.54, 1.807) is 0 Å². The number of hydrogen-bond acceptors (Lipinski definition) is 5. The topological polar surface area (TPSA) is 43.4 Å². The summed E-state index contributed by atoms with van der Waals surface area (Å²) in [6.45, 7) is 19.9. The van der Waals surface area contributed by atoms with Crippen molar-refractivity contribution in [2.75, 3.05) is 36.8 Å². The fraction of sp³-hybridized carbons (Fsp3) is 0.375. The highest BCUT2D eigenvalue weighted by atomic mass is 15.3. The Balaban J connectivity index is 1.58. The number of nitrogens with zero attached hydrogens (tertiary/aromatic N) is 3. The Morgan fingerprint density at radius 1 is 1.03 bits per heavy atom. The highest BCUT2D eigenvalue weighted by Crippen LogP contribution is 2.23. The summed E-state index contributed by atoms with van der Waals surface area (Å²) in [5, 5.41) is 6.68. The summed E-state index contributed by atoms with van der Waals surface area (Å²) in [6, 6.07) is 10.4. The van der Waals surface area contributed by atoms with Crippen LogP contribution in [0.2, 0.25) is 0 Å². The Hall–Kier alpha value is -2.79. The number of benzene rings is 1. The van der Waals surface area contributed by atoms with Crippen LogP contribution in [0.15, 0.2) is 61.2 Å². The molecule has 1 aromatic carbocycles. The van der Waals surface area contributed by atoms with Gasteiger partial charge in [0, 0.05) is 49.8 Å². The maximum atomic E-state index is 4.31. The third-order valence-electron chi connectivity index (χ3n) is 5.56. The van der Waals surface area contributed by atoms with Gasteiger partial charge in [-0.2, -0.15) is 0 Å². The maximum Gasteiger partial charge on any atom is 0.100 e. The second-order valence-corrected chi connectivity index (χ2v) is 7.69. The van der Waals surface area contributed by atoms with Crippen LogP contribution in [-0.4, -0.2) is 41.0 Å². The molecule has 5 heteroatoms. The van der Waals surface area contributed by atoms with Crippen molar-refractivity contribution in [1.82, 2.24) is 14.8 Å². The number of hydrogen-bond donors (Lipinski definition) is 2. The first-order valence-electron chi connectivity index (χ1n) is 10.4. The molecule has 1 aromatic heterocycles. The Labute approximate surface area is 175 Å². The second kappa shape index (κ2) is 9.61. The van der Waals surface area contributed by atoms with E-state index in [9.17, 15) is 0 Å². The molecule has 0 atom stereocenters. The Morgan fingerprint density at radius 3 is 2.45 bits per heavy atom. The summed E-state index contributed by atoms with van der Waals surface area (Å²) in [6.07, 6.45) is 2.85. The molecule has 29 heavy (non-hydrogen) atoms. The summed E-state index contributed by atoms with van der Waals surface area (Å²) >= 11 is 0. The van der Waals surface area contributed by atoms with Crippen LogP contribution >= 0.6 is 0 Å². The van der Waals surface area contributed by atoms with Crippen LogP contribution in [0, 0.1) is 13.8 Å². The van der Waals surface area contributed by atoms with E-state index in [1.807, 2.05) is 25.3 Å². The summed E-state index contributed by atoms with van der Waals surface area (Å²) < 4.78 is 0. The Kier molecular flexibility index (Phi) is 6.94. The molecule has 0 radical (unpaired) electrons. The van der Waals surface area contributed by atoms with Crippen molar-refractivity contribution >= 4 is 11.4 Å². The van der Waals surface area contributed by atoms with Gasteiger partial charge in [0.1, 0.15) is 5.82 Å². The number of aryl methyl sites for hydroxylation is 1. The second-order valence-electron chi connectivity index (χ2n) is 7.69. The first-order valence-corrected chi connectivity index (χ1v) is 10.4. The molecule has 1 fully saturated rings. The number of anilines is 2. The van der Waals surface area contributed by atoms with E-state index >= 15 is 0 Å². The number of pyridine rings is 1. The highest BCUT2D eigenvalue weighted by Gasteiger charge is 2.18. The van der Waals surface area contributed by atoms with Crippen molar-refractivity contribution in [1.29, 1.82) is 0 Å². The van der Waals surface area contributed by atoms with E-state index in [2.05, 4.69) is 70.6 Å². The average Bonchev–Trinajstić information content (AvgIpc) is 2.72. The number of allylic oxidation sites excluding steroid dienone is 1. The van der Waals surface area contributed by atoms with Gasteiger partial charge in [0.15, 0.2) is 0 Å². The van der Waals surface area contributed by atoms with Gasteiger partial charge < -0.3 is 15.5 Å². The van der Waals surface area contributed by atoms with Gasteiger partial charge in [-0.15, -0.1) is 0 Å². The van der Waals surface area contributed by atoms with E-state index in [0.29, 0.717) is 0 Å². The van der Waals surface area contributed by atoms with Crippen molar-refractivity contribution in [2.24, 2.45) is 0 Å². The van der Waals surface area contributed by atoms with E-state index < -0.39 is 0 Å². The zero-order chi connectivity index (χ0) is 20.8. The van der Waals surface area contributed by atoms with E-state index in [4.69, 9.17) is 0 Å². The fourth-order valence-electron chi connectivity index (χ4n) is 3.59. The minimum absolute atomic E-state index is 0.739. The molecule has 1 aliphatic heterocycles. The van der Waals surface area contributed by atoms with Crippen molar-refractivity contribution in [2.45, 2.75) is 33.7 Å². The lowest BCUT2D eigenvalue weighted by Gasteiger charge is -2.37. The summed E-state index contributed by atoms with van der Waals surface area (Å²) in [5.41, 5.74) is 6.87. The molecular weight excluding hydrogens is 358 g/mol. The largest absolute Gasteiger partial charge is 0.373 e. The van der Waals surface area contributed by atoms with Crippen LogP contribution in [0.4, 0.5) is 11.4 Å². The lowest BCUT2D eigenvalue weighted by atomic mass is 10.1. The van der Waals surface area contributed by atoms with E-state index in [1.165, 1.54) is 16.8 Å². The van der Waals surface area contributed by atoms with Crippen molar-refractivity contribution < 1.29 is 0 Å². The molecule has 1 aliphatic rings. The third kappa shape index (κ3) is 5.61. The molecule has 0 spiro atoms. The minimum Gasteiger partial charge on any atom is -0.373 e. The molecule has 0 unspecified atom stereocenters. The van der Waals surface area contributed by atoms with E-state index in [0.717, 1.165) is 62.0 Å². The molecule has 3 rings (SSSR count). The van der Waals surface area contributed by atoms with Crippen LogP contribution in [0.25, 0.3) is 0 Å². The molecule has 2 heterocycles. The van der Waals surface area contributed by atoms with E-state index in [-0.39, 0.29) is 0 Å². The number of rotatable bonds is 8. The summed E-state index contributed by atoms with van der Waals surface area (Å²) in [5.74, 6) is 0.739. The molecule has 1 saturated heterocycles. The molecular formula is C24H33N5. The van der Waals surface area contributed by atoms with Crippen LogP contribution in [0.3, 0.4) is 0 Å². The SMILES string of the molecule is C=C(Nc1ccc(C)nc1)Nc1cccc(CN2CCN(C(=C)CC)CC2)c1C. The molecule has 0 bridgehead atoms. The van der Waals surface area contributed by atoms with Gasteiger partial charge >= 0.3 is 0 Å². The predicted octanol–water partition coefficient (Wildman–Crippen LogP) is 4.73. The molecule has 0 saturated carbocycles. The molecule has 5 nitrogen and oxygen atoms in total. The van der Waals surface area contributed by atoms with Gasteiger partial charge in [0.25, 0.3) is 0 Å². The van der Waals surface area contributed by atoms with Crippen LogP contribution < -0.4 is 10.6 Å². The Morgan fingerprint density at radius 2 is 1.79 bits per heavy atom. The summed E-state index contributed by atoms with van der Waals surface area (Å²) in [7, 11) is 0. The maximum absolute atomic E-state index is 4.31. The third-order valence-corrected chi connectivity index (χ3v) is 5.56. The zero-order valence-electron chi connectivity index (χ0n) is 18.0. The van der Waals surface area contributed by atoms with Crippen molar-refractivity contribution in [3.63, 3.8) is 0 Å². The minimum atomic E-state index is 0.739. The smallest absolute Gasteiger partial charge is 0.100 e. The van der Waals surface area contributed by atoms with Gasteiger partial charge in [0.2, 0.25) is 0 Å². The molecule has 0 amide bonds. The molecule has 154 valence electrons. The lowest BCUT2D eigenvalue weighted by molar-refractivity contribution is 0.151.